The summed E-state index contributed by atoms with van der Waals surface area (Å²) in [4.78, 5) is 19.4. The van der Waals surface area contributed by atoms with Crippen LogP contribution in [0, 0.1) is 0 Å². The van der Waals surface area contributed by atoms with Crippen LogP contribution in [0.3, 0.4) is 0 Å². The normalized spacial score (nSPS) is 9.94. The Bertz CT molecular complexity index is 538. The number of aromatic nitrogens is 2. The van der Waals surface area contributed by atoms with Crippen LogP contribution in [0.15, 0.2) is 36.7 Å². The first kappa shape index (κ1) is 11.1. The first-order valence-corrected chi connectivity index (χ1v) is 4.97. The fourth-order valence-electron chi connectivity index (χ4n) is 1.36. The molecule has 2 aromatic rings. The molecule has 0 radical (unpaired) electrons. The van der Waals surface area contributed by atoms with Gasteiger partial charge in [0.2, 0.25) is 0 Å². The molecule has 1 aromatic heterocycles. The SMILES string of the molecule is COC(=O)c1cncc(-c2ccc(N)cc2)n1. The molecule has 1 aromatic carbocycles. The predicted octanol–water partition coefficient (Wildman–Crippen LogP) is 1.51. The highest BCUT2D eigenvalue weighted by atomic mass is 16.5. The summed E-state index contributed by atoms with van der Waals surface area (Å²) >= 11 is 0. The highest BCUT2D eigenvalue weighted by Crippen LogP contribution is 2.17. The lowest BCUT2D eigenvalue weighted by molar-refractivity contribution is 0.0593. The van der Waals surface area contributed by atoms with Gasteiger partial charge in [-0.15, -0.1) is 0 Å². The number of methoxy groups -OCH3 is 1. The van der Waals surface area contributed by atoms with Crippen molar-refractivity contribution in [3.63, 3.8) is 0 Å². The van der Waals surface area contributed by atoms with E-state index < -0.39 is 5.97 Å². The molecule has 5 nitrogen and oxygen atoms in total. The van der Waals surface area contributed by atoms with Crippen molar-refractivity contribution in [2.75, 3.05) is 12.8 Å². The van der Waals surface area contributed by atoms with Crippen molar-refractivity contribution >= 4 is 11.7 Å². The molecule has 0 aliphatic heterocycles. The van der Waals surface area contributed by atoms with E-state index in [4.69, 9.17) is 5.73 Å². The molecule has 0 aliphatic rings. The number of benzene rings is 1. The Morgan fingerprint density at radius 3 is 2.59 bits per heavy atom. The van der Waals surface area contributed by atoms with Crippen LogP contribution in [-0.4, -0.2) is 23.0 Å². The minimum absolute atomic E-state index is 0.182. The zero-order valence-electron chi connectivity index (χ0n) is 9.25. The van der Waals surface area contributed by atoms with Crippen LogP contribution >= 0.6 is 0 Å². The number of rotatable bonds is 2. The third-order valence-electron chi connectivity index (χ3n) is 2.24. The van der Waals surface area contributed by atoms with Gasteiger partial charge >= 0.3 is 5.97 Å². The fraction of sp³-hybridized carbons (Fsp3) is 0.0833. The van der Waals surface area contributed by atoms with Gasteiger partial charge in [0.25, 0.3) is 0 Å². The number of nitrogen functional groups attached to an aromatic ring is 1. The highest BCUT2D eigenvalue weighted by molar-refractivity contribution is 5.87. The number of hydrogen-bond donors (Lipinski definition) is 1. The molecule has 0 atom stereocenters. The summed E-state index contributed by atoms with van der Waals surface area (Å²) in [6.45, 7) is 0. The van der Waals surface area contributed by atoms with Crippen LogP contribution < -0.4 is 5.73 Å². The van der Waals surface area contributed by atoms with Crippen LogP contribution in [0.5, 0.6) is 0 Å². The van der Waals surface area contributed by atoms with Crippen molar-refractivity contribution in [2.45, 2.75) is 0 Å². The first-order valence-electron chi connectivity index (χ1n) is 4.97. The van der Waals surface area contributed by atoms with Gasteiger partial charge in [-0.05, 0) is 12.1 Å². The Morgan fingerprint density at radius 2 is 1.94 bits per heavy atom. The summed E-state index contributed by atoms with van der Waals surface area (Å²) in [5.41, 5.74) is 7.90. The van der Waals surface area contributed by atoms with Gasteiger partial charge in [-0.1, -0.05) is 12.1 Å². The van der Waals surface area contributed by atoms with Crippen LogP contribution in [0.25, 0.3) is 11.3 Å². The second kappa shape index (κ2) is 4.61. The van der Waals surface area contributed by atoms with Gasteiger partial charge in [0, 0.05) is 11.3 Å². The number of carbonyl (C=O) groups is 1. The maximum absolute atomic E-state index is 11.3. The van der Waals surface area contributed by atoms with Crippen molar-refractivity contribution in [2.24, 2.45) is 0 Å². The van der Waals surface area contributed by atoms with Crippen LogP contribution in [0.1, 0.15) is 10.5 Å². The van der Waals surface area contributed by atoms with E-state index in [1.165, 1.54) is 13.3 Å². The molecule has 86 valence electrons. The summed E-state index contributed by atoms with van der Waals surface area (Å²) < 4.78 is 4.58. The average molecular weight is 229 g/mol. The number of nitrogens with two attached hydrogens (primary N) is 1. The Labute approximate surface area is 98.3 Å². The lowest BCUT2D eigenvalue weighted by Crippen LogP contribution is -2.05. The predicted molar refractivity (Wildman–Crippen MR) is 63.2 cm³/mol. The Hall–Kier alpha value is -2.43. The van der Waals surface area contributed by atoms with E-state index in [0.29, 0.717) is 11.4 Å². The van der Waals surface area contributed by atoms with Gasteiger partial charge < -0.3 is 10.5 Å². The minimum atomic E-state index is -0.505. The van der Waals surface area contributed by atoms with E-state index in [2.05, 4.69) is 14.7 Å². The van der Waals surface area contributed by atoms with Gasteiger partial charge in [-0.25, -0.2) is 9.78 Å². The van der Waals surface area contributed by atoms with E-state index in [9.17, 15) is 4.79 Å². The maximum atomic E-state index is 11.3. The minimum Gasteiger partial charge on any atom is -0.464 e. The molecule has 0 spiro atoms. The number of esters is 1. The van der Waals surface area contributed by atoms with Crippen molar-refractivity contribution in [1.29, 1.82) is 0 Å². The molecule has 0 saturated heterocycles. The molecule has 2 rings (SSSR count). The van der Waals surface area contributed by atoms with Crippen LogP contribution in [0.4, 0.5) is 5.69 Å². The van der Waals surface area contributed by atoms with Crippen LogP contribution in [0.2, 0.25) is 0 Å². The molecule has 2 N–H and O–H groups in total. The Balaban J connectivity index is 2.39. The first-order chi connectivity index (χ1) is 8.20. The molecular formula is C12H11N3O2. The van der Waals surface area contributed by atoms with Crippen molar-refractivity contribution in [3.05, 3.63) is 42.4 Å². The molecule has 0 bridgehead atoms. The maximum Gasteiger partial charge on any atom is 0.358 e. The second-order valence-corrected chi connectivity index (χ2v) is 3.40. The summed E-state index contributed by atoms with van der Waals surface area (Å²) in [6, 6.07) is 7.17. The van der Waals surface area contributed by atoms with Gasteiger partial charge in [0.15, 0.2) is 5.69 Å². The zero-order valence-corrected chi connectivity index (χ0v) is 9.25. The topological polar surface area (TPSA) is 78.1 Å². The van der Waals surface area contributed by atoms with Crippen molar-refractivity contribution in [3.8, 4) is 11.3 Å². The van der Waals surface area contributed by atoms with E-state index in [1.807, 2.05) is 12.1 Å². The van der Waals surface area contributed by atoms with Gasteiger partial charge in [-0.2, -0.15) is 0 Å². The van der Waals surface area contributed by atoms with Crippen molar-refractivity contribution < 1.29 is 9.53 Å². The molecular weight excluding hydrogens is 218 g/mol. The van der Waals surface area contributed by atoms with E-state index in [-0.39, 0.29) is 5.69 Å². The molecule has 5 heteroatoms. The third-order valence-corrected chi connectivity index (χ3v) is 2.24. The molecule has 0 saturated carbocycles. The lowest BCUT2D eigenvalue weighted by Gasteiger charge is -2.03. The lowest BCUT2D eigenvalue weighted by atomic mass is 10.1. The van der Waals surface area contributed by atoms with Gasteiger partial charge in [0.1, 0.15) is 0 Å². The molecule has 0 aliphatic carbocycles. The summed E-state index contributed by atoms with van der Waals surface area (Å²) in [5, 5.41) is 0. The number of anilines is 1. The molecule has 1 heterocycles. The monoisotopic (exact) mass is 229 g/mol. The van der Waals surface area contributed by atoms with Crippen molar-refractivity contribution in [1.82, 2.24) is 9.97 Å². The zero-order chi connectivity index (χ0) is 12.3. The quantitative estimate of drug-likeness (QED) is 0.623. The van der Waals surface area contributed by atoms with E-state index in [0.717, 1.165) is 5.56 Å². The molecule has 0 amide bonds. The summed E-state index contributed by atoms with van der Waals surface area (Å²) in [6.07, 6.45) is 2.95. The third kappa shape index (κ3) is 2.39. The largest absolute Gasteiger partial charge is 0.464 e. The van der Waals surface area contributed by atoms with Gasteiger partial charge in [-0.3, -0.25) is 4.98 Å². The second-order valence-electron chi connectivity index (χ2n) is 3.40. The Kier molecular flexibility index (Phi) is 3.00. The fourth-order valence-corrected chi connectivity index (χ4v) is 1.36. The highest BCUT2D eigenvalue weighted by Gasteiger charge is 2.09. The summed E-state index contributed by atoms with van der Waals surface area (Å²) in [5.74, 6) is -0.505. The van der Waals surface area contributed by atoms with Gasteiger partial charge in [0.05, 0.1) is 25.2 Å². The van der Waals surface area contributed by atoms with Crippen LogP contribution in [-0.2, 0) is 4.74 Å². The number of carbonyl (C=O) groups excluding carboxylic acids is 1. The Morgan fingerprint density at radius 1 is 1.24 bits per heavy atom. The molecule has 0 unspecified atom stereocenters. The number of nitrogens with zero attached hydrogens (tertiary/aromatic N) is 2. The smallest absolute Gasteiger partial charge is 0.358 e. The number of ether oxygens (including phenoxy) is 1. The van der Waals surface area contributed by atoms with E-state index >= 15 is 0 Å². The average Bonchev–Trinajstić information content (AvgIpc) is 2.39. The molecule has 17 heavy (non-hydrogen) atoms. The summed E-state index contributed by atoms with van der Waals surface area (Å²) in [7, 11) is 1.31. The standard InChI is InChI=1S/C12H11N3O2/c1-17-12(16)11-7-14-6-10(15-11)8-2-4-9(13)5-3-8/h2-7H,13H2,1H3. The molecule has 0 fully saturated rings. The number of hydrogen-bond acceptors (Lipinski definition) is 5. The van der Waals surface area contributed by atoms with E-state index in [1.54, 1.807) is 18.3 Å².